The topological polar surface area (TPSA) is 54.9 Å². The van der Waals surface area contributed by atoms with Gasteiger partial charge in [-0.1, -0.05) is 12.1 Å². The maximum absolute atomic E-state index is 11.4. The van der Waals surface area contributed by atoms with Crippen LogP contribution in [0.5, 0.6) is 0 Å². The van der Waals surface area contributed by atoms with E-state index in [1.54, 1.807) is 24.5 Å². The number of para-hydroxylation sites is 1. The quantitative estimate of drug-likeness (QED) is 0.795. The SMILES string of the molecule is CC(=O)c1ccccc1Nc1ncccn1. The summed E-state index contributed by atoms with van der Waals surface area (Å²) in [6.07, 6.45) is 3.29. The first-order chi connectivity index (χ1) is 7.77. The van der Waals surface area contributed by atoms with Gasteiger partial charge in [0, 0.05) is 18.0 Å². The molecule has 0 amide bonds. The minimum Gasteiger partial charge on any atom is -0.323 e. The van der Waals surface area contributed by atoms with E-state index in [2.05, 4.69) is 15.3 Å². The van der Waals surface area contributed by atoms with Crippen LogP contribution in [0.1, 0.15) is 17.3 Å². The van der Waals surface area contributed by atoms with Gasteiger partial charge in [-0.15, -0.1) is 0 Å². The Labute approximate surface area is 93.4 Å². The van der Waals surface area contributed by atoms with Crippen LogP contribution in [0.15, 0.2) is 42.7 Å². The molecule has 0 aliphatic heterocycles. The molecule has 0 aliphatic carbocycles. The molecule has 0 spiro atoms. The predicted molar refractivity (Wildman–Crippen MR) is 61.8 cm³/mol. The molecular formula is C12H11N3O. The maximum Gasteiger partial charge on any atom is 0.227 e. The molecule has 1 N–H and O–H groups in total. The third kappa shape index (κ3) is 2.23. The Kier molecular flexibility index (Phi) is 2.91. The lowest BCUT2D eigenvalue weighted by Crippen LogP contribution is -2.02. The standard InChI is InChI=1S/C12H11N3O/c1-9(16)10-5-2-3-6-11(10)15-12-13-7-4-8-14-12/h2-8H,1H3,(H,13,14,15). The van der Waals surface area contributed by atoms with Crippen molar-refractivity contribution in [2.45, 2.75) is 6.92 Å². The molecular weight excluding hydrogens is 202 g/mol. The smallest absolute Gasteiger partial charge is 0.227 e. The molecule has 0 saturated heterocycles. The number of nitrogens with one attached hydrogen (secondary N) is 1. The number of rotatable bonds is 3. The molecule has 0 unspecified atom stereocenters. The van der Waals surface area contributed by atoms with E-state index in [9.17, 15) is 4.79 Å². The summed E-state index contributed by atoms with van der Waals surface area (Å²) >= 11 is 0. The van der Waals surface area contributed by atoms with Gasteiger partial charge in [0.05, 0.1) is 5.69 Å². The number of carbonyl (C=O) groups is 1. The molecule has 2 aromatic rings. The number of carbonyl (C=O) groups excluding carboxylic acids is 1. The summed E-state index contributed by atoms with van der Waals surface area (Å²) in [6, 6.07) is 9.02. The van der Waals surface area contributed by atoms with Crippen LogP contribution in [0.3, 0.4) is 0 Å². The van der Waals surface area contributed by atoms with Crippen molar-refractivity contribution in [3.63, 3.8) is 0 Å². The van der Waals surface area contributed by atoms with Crippen LogP contribution in [0, 0.1) is 0 Å². The van der Waals surface area contributed by atoms with E-state index in [1.165, 1.54) is 6.92 Å². The molecule has 0 atom stereocenters. The highest BCUT2D eigenvalue weighted by Crippen LogP contribution is 2.18. The van der Waals surface area contributed by atoms with E-state index >= 15 is 0 Å². The molecule has 2 rings (SSSR count). The number of benzene rings is 1. The Morgan fingerprint density at radius 3 is 2.50 bits per heavy atom. The number of nitrogens with zero attached hydrogens (tertiary/aromatic N) is 2. The van der Waals surface area contributed by atoms with Crippen molar-refractivity contribution in [3.05, 3.63) is 48.3 Å². The molecule has 80 valence electrons. The molecule has 1 aromatic heterocycles. The number of aromatic nitrogens is 2. The van der Waals surface area contributed by atoms with Gasteiger partial charge >= 0.3 is 0 Å². The van der Waals surface area contributed by atoms with Crippen molar-refractivity contribution < 1.29 is 4.79 Å². The molecule has 1 heterocycles. The maximum atomic E-state index is 11.4. The second-order valence-electron chi connectivity index (χ2n) is 3.30. The summed E-state index contributed by atoms with van der Waals surface area (Å²) in [4.78, 5) is 19.5. The van der Waals surface area contributed by atoms with Crippen molar-refractivity contribution in [1.82, 2.24) is 9.97 Å². The summed E-state index contributed by atoms with van der Waals surface area (Å²) < 4.78 is 0. The van der Waals surface area contributed by atoms with Crippen LogP contribution in [-0.4, -0.2) is 15.8 Å². The van der Waals surface area contributed by atoms with Gasteiger partial charge in [0.2, 0.25) is 5.95 Å². The Morgan fingerprint density at radius 1 is 1.12 bits per heavy atom. The molecule has 4 heteroatoms. The summed E-state index contributed by atoms with van der Waals surface area (Å²) in [5.74, 6) is 0.496. The van der Waals surface area contributed by atoms with Crippen LogP contribution >= 0.6 is 0 Å². The Hall–Kier alpha value is -2.23. The van der Waals surface area contributed by atoms with Crippen LogP contribution < -0.4 is 5.32 Å². The number of hydrogen-bond acceptors (Lipinski definition) is 4. The number of hydrogen-bond donors (Lipinski definition) is 1. The van der Waals surface area contributed by atoms with Gasteiger partial charge in [0.1, 0.15) is 0 Å². The van der Waals surface area contributed by atoms with Gasteiger partial charge in [0.15, 0.2) is 5.78 Å². The summed E-state index contributed by atoms with van der Waals surface area (Å²) in [5.41, 5.74) is 1.36. The van der Waals surface area contributed by atoms with Gasteiger partial charge < -0.3 is 5.32 Å². The van der Waals surface area contributed by atoms with Crippen LogP contribution in [0.4, 0.5) is 11.6 Å². The van der Waals surface area contributed by atoms with Crippen molar-refractivity contribution in [3.8, 4) is 0 Å². The molecule has 0 bridgehead atoms. The Bertz CT molecular complexity index is 497. The van der Waals surface area contributed by atoms with Gasteiger partial charge in [-0.25, -0.2) is 9.97 Å². The molecule has 16 heavy (non-hydrogen) atoms. The van der Waals surface area contributed by atoms with E-state index in [0.29, 0.717) is 11.5 Å². The highest BCUT2D eigenvalue weighted by atomic mass is 16.1. The fraction of sp³-hybridized carbons (Fsp3) is 0.0833. The largest absolute Gasteiger partial charge is 0.323 e. The first-order valence-electron chi connectivity index (χ1n) is 4.91. The Balaban J connectivity index is 2.31. The summed E-state index contributed by atoms with van der Waals surface area (Å²) in [7, 11) is 0. The zero-order chi connectivity index (χ0) is 11.4. The van der Waals surface area contributed by atoms with Crippen molar-refractivity contribution in [1.29, 1.82) is 0 Å². The summed E-state index contributed by atoms with van der Waals surface area (Å²) in [6.45, 7) is 1.53. The molecule has 0 aliphatic rings. The van der Waals surface area contributed by atoms with E-state index in [-0.39, 0.29) is 5.78 Å². The van der Waals surface area contributed by atoms with Crippen molar-refractivity contribution in [2.75, 3.05) is 5.32 Å². The lowest BCUT2D eigenvalue weighted by Gasteiger charge is -2.07. The monoisotopic (exact) mass is 213 g/mol. The number of anilines is 2. The van der Waals surface area contributed by atoms with Crippen LogP contribution in [0.25, 0.3) is 0 Å². The minimum atomic E-state index is 0.0130. The fourth-order valence-corrected chi connectivity index (χ4v) is 1.38. The highest BCUT2D eigenvalue weighted by molar-refractivity contribution is 5.99. The first kappa shape index (κ1) is 10.3. The molecule has 1 aromatic carbocycles. The van der Waals surface area contributed by atoms with E-state index in [0.717, 1.165) is 5.69 Å². The second kappa shape index (κ2) is 4.53. The van der Waals surface area contributed by atoms with Crippen LogP contribution in [0.2, 0.25) is 0 Å². The third-order valence-corrected chi connectivity index (χ3v) is 2.12. The molecule has 0 radical (unpaired) electrons. The van der Waals surface area contributed by atoms with Crippen molar-refractivity contribution >= 4 is 17.4 Å². The normalized spacial score (nSPS) is 9.81. The second-order valence-corrected chi connectivity index (χ2v) is 3.30. The van der Waals surface area contributed by atoms with E-state index in [4.69, 9.17) is 0 Å². The molecule has 0 fully saturated rings. The predicted octanol–water partition coefficient (Wildman–Crippen LogP) is 2.42. The Morgan fingerprint density at radius 2 is 1.81 bits per heavy atom. The first-order valence-corrected chi connectivity index (χ1v) is 4.91. The van der Waals surface area contributed by atoms with Gasteiger partial charge in [-0.05, 0) is 25.1 Å². The average Bonchev–Trinajstić information content (AvgIpc) is 2.31. The molecule has 4 nitrogen and oxygen atoms in total. The lowest BCUT2D eigenvalue weighted by molar-refractivity contribution is 0.101. The number of Topliss-reactive ketones (excluding diaryl/α,β-unsaturated/α-hetero) is 1. The average molecular weight is 213 g/mol. The minimum absolute atomic E-state index is 0.0130. The fourth-order valence-electron chi connectivity index (χ4n) is 1.38. The van der Waals surface area contributed by atoms with E-state index in [1.807, 2.05) is 18.2 Å². The van der Waals surface area contributed by atoms with E-state index < -0.39 is 0 Å². The summed E-state index contributed by atoms with van der Waals surface area (Å²) in [5, 5.41) is 3.01. The van der Waals surface area contributed by atoms with Gasteiger partial charge in [-0.3, -0.25) is 4.79 Å². The van der Waals surface area contributed by atoms with Gasteiger partial charge in [0.25, 0.3) is 0 Å². The van der Waals surface area contributed by atoms with Gasteiger partial charge in [-0.2, -0.15) is 0 Å². The lowest BCUT2D eigenvalue weighted by atomic mass is 10.1. The zero-order valence-corrected chi connectivity index (χ0v) is 8.84. The number of ketones is 1. The zero-order valence-electron chi connectivity index (χ0n) is 8.84. The molecule has 0 saturated carbocycles. The third-order valence-electron chi connectivity index (χ3n) is 2.12. The van der Waals surface area contributed by atoms with Crippen LogP contribution in [-0.2, 0) is 0 Å². The highest BCUT2D eigenvalue weighted by Gasteiger charge is 2.06. The van der Waals surface area contributed by atoms with Crippen molar-refractivity contribution in [2.24, 2.45) is 0 Å².